The van der Waals surface area contributed by atoms with Crippen LogP contribution in [0.5, 0.6) is 0 Å². The van der Waals surface area contributed by atoms with Crippen LogP contribution in [0, 0.1) is 5.82 Å². The molecular formula is C15H18FNO. The lowest BCUT2D eigenvalue weighted by Gasteiger charge is -2.48. The number of nitrogens with zero attached hydrogens (tertiary/aromatic N) is 1. The minimum absolute atomic E-state index is 0.226. The van der Waals surface area contributed by atoms with Crippen molar-refractivity contribution in [3.05, 3.63) is 35.6 Å². The van der Waals surface area contributed by atoms with Crippen LogP contribution >= 0.6 is 0 Å². The molecule has 0 radical (unpaired) electrons. The summed E-state index contributed by atoms with van der Waals surface area (Å²) >= 11 is 0. The van der Waals surface area contributed by atoms with Crippen molar-refractivity contribution in [2.75, 3.05) is 13.6 Å². The quantitative estimate of drug-likeness (QED) is 0.760. The molecule has 1 aliphatic carbocycles. The van der Waals surface area contributed by atoms with Gasteiger partial charge >= 0.3 is 0 Å². The topological polar surface area (TPSA) is 20.3 Å². The Balaban J connectivity index is 2.07. The Labute approximate surface area is 107 Å². The van der Waals surface area contributed by atoms with Gasteiger partial charge in [0.1, 0.15) is 11.6 Å². The summed E-state index contributed by atoms with van der Waals surface area (Å²) in [6.45, 7) is 0.880. The molecule has 2 fully saturated rings. The van der Waals surface area contributed by atoms with Crippen LogP contribution in [0.25, 0.3) is 0 Å². The number of carbonyl (C=O) groups is 1. The first kappa shape index (κ1) is 11.8. The fourth-order valence-corrected chi connectivity index (χ4v) is 3.57. The summed E-state index contributed by atoms with van der Waals surface area (Å²) in [7, 11) is 2.10. The Morgan fingerprint density at radius 2 is 2.17 bits per heavy atom. The smallest absolute Gasteiger partial charge is 0.143 e. The van der Waals surface area contributed by atoms with Crippen molar-refractivity contribution >= 4 is 5.78 Å². The van der Waals surface area contributed by atoms with E-state index in [1.807, 2.05) is 6.07 Å². The van der Waals surface area contributed by atoms with E-state index >= 15 is 0 Å². The number of halogens is 1. The van der Waals surface area contributed by atoms with Crippen molar-refractivity contribution < 1.29 is 9.18 Å². The lowest BCUT2D eigenvalue weighted by molar-refractivity contribution is -0.131. The monoisotopic (exact) mass is 247 g/mol. The van der Waals surface area contributed by atoms with Crippen molar-refractivity contribution in [1.82, 2.24) is 4.90 Å². The van der Waals surface area contributed by atoms with Gasteiger partial charge in [0.05, 0.1) is 5.41 Å². The van der Waals surface area contributed by atoms with Gasteiger partial charge in [-0.2, -0.15) is 0 Å². The van der Waals surface area contributed by atoms with E-state index in [1.54, 1.807) is 12.1 Å². The highest BCUT2D eigenvalue weighted by Crippen LogP contribution is 2.45. The summed E-state index contributed by atoms with van der Waals surface area (Å²) in [5.74, 6) is 0.00741. The molecule has 1 aromatic carbocycles. The van der Waals surface area contributed by atoms with Crippen LogP contribution in [0.1, 0.15) is 31.2 Å². The first-order valence-corrected chi connectivity index (χ1v) is 6.62. The number of Topliss-reactive ketones (excluding diaryl/α,β-unsaturated/α-hetero) is 1. The summed E-state index contributed by atoms with van der Waals surface area (Å²) in [6, 6.07) is 7.22. The van der Waals surface area contributed by atoms with E-state index in [1.165, 1.54) is 6.07 Å². The van der Waals surface area contributed by atoms with Gasteiger partial charge in [-0.15, -0.1) is 0 Å². The number of hydrogen-bond acceptors (Lipinski definition) is 2. The number of benzene rings is 1. The number of carbonyl (C=O) groups excluding carboxylic acids is 1. The predicted molar refractivity (Wildman–Crippen MR) is 68.0 cm³/mol. The Morgan fingerprint density at radius 3 is 2.94 bits per heavy atom. The van der Waals surface area contributed by atoms with E-state index < -0.39 is 5.41 Å². The molecule has 1 heterocycles. The number of ketones is 1. The van der Waals surface area contributed by atoms with Crippen molar-refractivity contribution in [2.24, 2.45) is 0 Å². The highest BCUT2D eigenvalue weighted by Gasteiger charge is 2.49. The largest absolute Gasteiger partial charge is 0.303 e. The second-order valence-electron chi connectivity index (χ2n) is 5.61. The van der Waals surface area contributed by atoms with Gasteiger partial charge in [-0.05, 0) is 38.9 Å². The molecule has 1 aromatic rings. The van der Waals surface area contributed by atoms with Crippen molar-refractivity contribution in [3.8, 4) is 0 Å². The van der Waals surface area contributed by atoms with Gasteiger partial charge in [-0.25, -0.2) is 4.39 Å². The van der Waals surface area contributed by atoms with Crippen molar-refractivity contribution in [1.29, 1.82) is 0 Å². The van der Waals surface area contributed by atoms with Gasteiger partial charge < -0.3 is 4.90 Å². The summed E-state index contributed by atoms with van der Waals surface area (Å²) in [6.07, 6.45) is 3.04. The van der Waals surface area contributed by atoms with Crippen LogP contribution in [-0.4, -0.2) is 30.3 Å². The number of likely N-dealkylation sites (tertiary alicyclic amines) is 1. The second kappa shape index (κ2) is 4.16. The van der Waals surface area contributed by atoms with E-state index in [4.69, 9.17) is 0 Å². The zero-order chi connectivity index (χ0) is 12.8. The van der Waals surface area contributed by atoms with Gasteiger partial charge in [0, 0.05) is 18.0 Å². The minimum Gasteiger partial charge on any atom is -0.303 e. The highest BCUT2D eigenvalue weighted by molar-refractivity contribution is 5.91. The lowest BCUT2D eigenvalue weighted by Crippen LogP contribution is -2.54. The van der Waals surface area contributed by atoms with Crippen LogP contribution in [0.2, 0.25) is 0 Å². The molecule has 3 heteroatoms. The summed E-state index contributed by atoms with van der Waals surface area (Å²) in [4.78, 5) is 14.7. The maximum absolute atomic E-state index is 14.1. The molecule has 2 bridgehead atoms. The van der Waals surface area contributed by atoms with Crippen LogP contribution in [0.4, 0.5) is 4.39 Å². The lowest BCUT2D eigenvalue weighted by atomic mass is 9.62. The molecule has 0 amide bonds. The number of rotatable bonds is 1. The molecule has 0 N–H and O–H groups in total. The normalized spacial score (nSPS) is 32.6. The first-order chi connectivity index (χ1) is 8.63. The molecule has 0 spiro atoms. The van der Waals surface area contributed by atoms with Gasteiger partial charge in [0.15, 0.2) is 0 Å². The SMILES string of the molecule is CN1CC[C@]2(c3ccccc3F)C[C@H]1CCC2=O. The number of hydrogen-bond donors (Lipinski definition) is 0. The molecule has 96 valence electrons. The van der Waals surface area contributed by atoms with Gasteiger partial charge in [0.25, 0.3) is 0 Å². The van der Waals surface area contributed by atoms with E-state index in [0.717, 1.165) is 25.8 Å². The molecule has 2 nitrogen and oxygen atoms in total. The molecule has 2 aliphatic rings. The number of piperidine rings is 1. The molecule has 0 aromatic heterocycles. The van der Waals surface area contributed by atoms with E-state index in [2.05, 4.69) is 11.9 Å². The fourth-order valence-electron chi connectivity index (χ4n) is 3.57. The van der Waals surface area contributed by atoms with Crippen LogP contribution in [-0.2, 0) is 10.2 Å². The van der Waals surface area contributed by atoms with E-state index in [9.17, 15) is 9.18 Å². The van der Waals surface area contributed by atoms with Gasteiger partial charge in [0.2, 0.25) is 0 Å². The highest BCUT2D eigenvalue weighted by atomic mass is 19.1. The molecule has 0 unspecified atom stereocenters. The second-order valence-corrected chi connectivity index (χ2v) is 5.61. The minimum atomic E-state index is -0.555. The molecule has 18 heavy (non-hydrogen) atoms. The zero-order valence-electron chi connectivity index (χ0n) is 10.7. The van der Waals surface area contributed by atoms with Crippen molar-refractivity contribution in [2.45, 2.75) is 37.1 Å². The third-order valence-electron chi connectivity index (χ3n) is 4.73. The Morgan fingerprint density at radius 1 is 1.39 bits per heavy atom. The predicted octanol–water partition coefficient (Wildman–Crippen LogP) is 2.52. The third kappa shape index (κ3) is 1.61. The molecular weight excluding hydrogens is 229 g/mol. The Hall–Kier alpha value is -1.22. The van der Waals surface area contributed by atoms with Gasteiger partial charge in [-0.1, -0.05) is 18.2 Å². The van der Waals surface area contributed by atoms with E-state index in [-0.39, 0.29) is 11.6 Å². The van der Waals surface area contributed by atoms with Gasteiger partial charge in [-0.3, -0.25) is 4.79 Å². The zero-order valence-corrected chi connectivity index (χ0v) is 10.7. The van der Waals surface area contributed by atoms with E-state index in [0.29, 0.717) is 18.0 Å². The fraction of sp³-hybridized carbons (Fsp3) is 0.533. The molecule has 1 aliphatic heterocycles. The summed E-state index contributed by atoms with van der Waals surface area (Å²) in [5, 5.41) is 0. The van der Waals surface area contributed by atoms with Crippen LogP contribution < -0.4 is 0 Å². The average molecular weight is 247 g/mol. The number of fused-ring (bicyclic) bond motifs is 2. The maximum Gasteiger partial charge on any atom is 0.143 e. The Kier molecular flexibility index (Phi) is 2.74. The first-order valence-electron chi connectivity index (χ1n) is 6.62. The third-order valence-corrected chi connectivity index (χ3v) is 4.73. The van der Waals surface area contributed by atoms with Crippen LogP contribution in [0.15, 0.2) is 24.3 Å². The summed E-state index contributed by atoms with van der Waals surface area (Å²) in [5.41, 5.74) is 0.0635. The molecule has 3 rings (SSSR count). The standard InChI is InChI=1S/C15H18FNO/c1-17-9-8-15(10-11(17)6-7-14(15)18)12-4-2-3-5-13(12)16/h2-5,11H,6-10H2,1H3/t11-,15-/m1/s1. The molecule has 2 atom stereocenters. The average Bonchev–Trinajstić information content (AvgIpc) is 2.38. The molecule has 1 saturated heterocycles. The van der Waals surface area contributed by atoms with Crippen LogP contribution in [0.3, 0.4) is 0 Å². The Bertz CT molecular complexity index is 487. The molecule has 1 saturated carbocycles. The maximum atomic E-state index is 14.1. The summed E-state index contributed by atoms with van der Waals surface area (Å²) < 4.78 is 14.1. The van der Waals surface area contributed by atoms with Crippen molar-refractivity contribution in [3.63, 3.8) is 0 Å².